The third-order valence-corrected chi connectivity index (χ3v) is 4.26. The van der Waals surface area contributed by atoms with Crippen LogP contribution in [0.5, 0.6) is 0 Å². The van der Waals surface area contributed by atoms with E-state index in [1.165, 1.54) is 12.8 Å². The van der Waals surface area contributed by atoms with Gasteiger partial charge in [-0.1, -0.05) is 0 Å². The van der Waals surface area contributed by atoms with E-state index in [0.29, 0.717) is 12.1 Å². The first-order chi connectivity index (χ1) is 9.92. The minimum atomic E-state index is -0.419. The van der Waals surface area contributed by atoms with Gasteiger partial charge in [0.05, 0.1) is 0 Å². The van der Waals surface area contributed by atoms with Crippen molar-refractivity contribution in [3.63, 3.8) is 0 Å². The molecule has 0 aromatic carbocycles. The molecule has 1 amide bonds. The zero-order valence-electron chi connectivity index (χ0n) is 13.7. The second-order valence-corrected chi connectivity index (χ2v) is 7.39. The van der Waals surface area contributed by atoms with Gasteiger partial charge in [0.25, 0.3) is 0 Å². The molecule has 5 heteroatoms. The number of piperidine rings is 1. The van der Waals surface area contributed by atoms with E-state index in [0.717, 1.165) is 38.8 Å². The lowest BCUT2D eigenvalue weighted by Crippen LogP contribution is -2.48. The minimum Gasteiger partial charge on any atom is -0.444 e. The monoisotopic (exact) mass is 297 g/mol. The SMILES string of the molecule is CC(C)(C)OC(=O)NC1CCC(NC2CCNCC2)CC1. The molecule has 1 heterocycles. The molecule has 1 saturated carbocycles. The lowest BCUT2D eigenvalue weighted by atomic mass is 9.90. The number of amides is 1. The van der Waals surface area contributed by atoms with E-state index in [2.05, 4.69) is 16.0 Å². The van der Waals surface area contributed by atoms with Gasteiger partial charge in [0, 0.05) is 18.1 Å². The molecule has 0 spiro atoms. The van der Waals surface area contributed by atoms with Gasteiger partial charge >= 0.3 is 6.09 Å². The highest BCUT2D eigenvalue weighted by Gasteiger charge is 2.26. The van der Waals surface area contributed by atoms with Gasteiger partial charge < -0.3 is 20.7 Å². The third-order valence-electron chi connectivity index (χ3n) is 4.26. The Hall–Kier alpha value is -0.810. The van der Waals surface area contributed by atoms with Crippen molar-refractivity contribution < 1.29 is 9.53 Å². The van der Waals surface area contributed by atoms with Crippen LogP contribution in [0.1, 0.15) is 59.3 Å². The van der Waals surface area contributed by atoms with Gasteiger partial charge in [-0.05, 0) is 72.4 Å². The Morgan fingerprint density at radius 2 is 1.48 bits per heavy atom. The van der Waals surface area contributed by atoms with Gasteiger partial charge in [0.15, 0.2) is 0 Å². The summed E-state index contributed by atoms with van der Waals surface area (Å²) >= 11 is 0. The molecule has 21 heavy (non-hydrogen) atoms. The zero-order chi connectivity index (χ0) is 15.3. The Bertz CT molecular complexity index is 327. The second kappa shape index (κ2) is 7.45. The van der Waals surface area contributed by atoms with Crippen LogP contribution in [0.2, 0.25) is 0 Å². The lowest BCUT2D eigenvalue weighted by Gasteiger charge is -2.34. The minimum absolute atomic E-state index is 0.269. The van der Waals surface area contributed by atoms with Crippen LogP contribution in [0.25, 0.3) is 0 Å². The molecule has 1 aliphatic carbocycles. The number of rotatable bonds is 3. The van der Waals surface area contributed by atoms with Gasteiger partial charge in [-0.25, -0.2) is 4.79 Å². The first-order valence-corrected chi connectivity index (χ1v) is 8.38. The van der Waals surface area contributed by atoms with Gasteiger partial charge in [0.1, 0.15) is 5.60 Å². The molecule has 2 fully saturated rings. The maximum atomic E-state index is 11.8. The van der Waals surface area contributed by atoms with E-state index in [9.17, 15) is 4.79 Å². The number of ether oxygens (including phenoxy) is 1. The van der Waals surface area contributed by atoms with Crippen LogP contribution >= 0.6 is 0 Å². The van der Waals surface area contributed by atoms with E-state index >= 15 is 0 Å². The van der Waals surface area contributed by atoms with Crippen molar-refractivity contribution in [1.82, 2.24) is 16.0 Å². The first kappa shape index (κ1) is 16.6. The molecule has 0 bridgehead atoms. The van der Waals surface area contributed by atoms with Crippen molar-refractivity contribution in [3.8, 4) is 0 Å². The molecule has 1 aliphatic heterocycles. The van der Waals surface area contributed by atoms with Crippen LogP contribution in [-0.2, 0) is 4.74 Å². The quantitative estimate of drug-likeness (QED) is 0.747. The smallest absolute Gasteiger partial charge is 0.407 e. The van der Waals surface area contributed by atoms with Crippen LogP contribution in [0, 0.1) is 0 Å². The number of carbonyl (C=O) groups excluding carboxylic acids is 1. The Morgan fingerprint density at radius 3 is 2.05 bits per heavy atom. The van der Waals surface area contributed by atoms with Crippen LogP contribution in [0.15, 0.2) is 0 Å². The van der Waals surface area contributed by atoms with E-state index in [1.807, 2.05) is 20.8 Å². The molecule has 5 nitrogen and oxygen atoms in total. The summed E-state index contributed by atoms with van der Waals surface area (Å²) < 4.78 is 5.32. The average molecular weight is 297 g/mol. The lowest BCUT2D eigenvalue weighted by molar-refractivity contribution is 0.0489. The summed E-state index contributed by atoms with van der Waals surface area (Å²) in [6.45, 7) is 7.95. The number of alkyl carbamates (subject to hydrolysis) is 1. The van der Waals surface area contributed by atoms with Gasteiger partial charge in [-0.2, -0.15) is 0 Å². The molecule has 0 unspecified atom stereocenters. The summed E-state index contributed by atoms with van der Waals surface area (Å²) in [6, 6.07) is 1.56. The van der Waals surface area contributed by atoms with Gasteiger partial charge in [0.2, 0.25) is 0 Å². The molecular weight excluding hydrogens is 266 g/mol. The Kier molecular flexibility index (Phi) is 5.88. The number of nitrogens with one attached hydrogen (secondary N) is 3. The van der Waals surface area contributed by atoms with Crippen molar-refractivity contribution in [3.05, 3.63) is 0 Å². The fraction of sp³-hybridized carbons (Fsp3) is 0.938. The van der Waals surface area contributed by atoms with Crippen LogP contribution in [0.3, 0.4) is 0 Å². The molecular formula is C16H31N3O2. The average Bonchev–Trinajstić information content (AvgIpc) is 2.40. The summed E-state index contributed by atoms with van der Waals surface area (Å²) in [6.07, 6.45) is 6.56. The van der Waals surface area contributed by atoms with E-state index < -0.39 is 5.60 Å². The summed E-state index contributed by atoms with van der Waals surface area (Å²) in [5, 5.41) is 10.2. The second-order valence-electron chi connectivity index (χ2n) is 7.39. The van der Waals surface area contributed by atoms with Crippen molar-refractivity contribution in [1.29, 1.82) is 0 Å². The van der Waals surface area contributed by atoms with Crippen LogP contribution < -0.4 is 16.0 Å². The molecule has 0 aromatic heterocycles. The molecule has 1 saturated heterocycles. The zero-order valence-corrected chi connectivity index (χ0v) is 13.7. The third kappa shape index (κ3) is 6.22. The van der Waals surface area contributed by atoms with Crippen LogP contribution in [0.4, 0.5) is 4.79 Å². The largest absolute Gasteiger partial charge is 0.444 e. The topological polar surface area (TPSA) is 62.4 Å². The first-order valence-electron chi connectivity index (χ1n) is 8.38. The summed E-state index contributed by atoms with van der Waals surface area (Å²) in [5.74, 6) is 0. The standard InChI is InChI=1S/C16H31N3O2/c1-16(2,3)21-15(20)19-13-6-4-12(5-7-13)18-14-8-10-17-11-9-14/h12-14,17-18H,4-11H2,1-3H3,(H,19,20). The predicted molar refractivity (Wildman–Crippen MR) is 84.4 cm³/mol. The number of hydrogen-bond donors (Lipinski definition) is 3. The Labute approximate surface area is 128 Å². The molecule has 122 valence electrons. The molecule has 2 aliphatic rings. The predicted octanol–water partition coefficient (Wildman–Crippen LogP) is 2.16. The maximum absolute atomic E-state index is 11.8. The van der Waals surface area contributed by atoms with E-state index in [-0.39, 0.29) is 12.1 Å². The van der Waals surface area contributed by atoms with Crippen molar-refractivity contribution in [2.75, 3.05) is 13.1 Å². The normalized spacial score (nSPS) is 28.1. The van der Waals surface area contributed by atoms with E-state index in [1.54, 1.807) is 0 Å². The highest BCUT2D eigenvalue weighted by Crippen LogP contribution is 2.20. The molecule has 0 atom stereocenters. The summed E-state index contributed by atoms with van der Waals surface area (Å²) in [5.41, 5.74) is -0.419. The summed E-state index contributed by atoms with van der Waals surface area (Å²) in [7, 11) is 0. The van der Waals surface area contributed by atoms with Gasteiger partial charge in [-0.15, -0.1) is 0 Å². The molecule has 2 rings (SSSR count). The van der Waals surface area contributed by atoms with E-state index in [4.69, 9.17) is 4.74 Å². The van der Waals surface area contributed by atoms with Crippen molar-refractivity contribution in [2.24, 2.45) is 0 Å². The molecule has 3 N–H and O–H groups in total. The van der Waals surface area contributed by atoms with Crippen molar-refractivity contribution >= 4 is 6.09 Å². The summed E-state index contributed by atoms with van der Waals surface area (Å²) in [4.78, 5) is 11.8. The highest BCUT2D eigenvalue weighted by atomic mass is 16.6. The van der Waals surface area contributed by atoms with Gasteiger partial charge in [-0.3, -0.25) is 0 Å². The van der Waals surface area contributed by atoms with Crippen LogP contribution in [-0.4, -0.2) is 42.9 Å². The number of hydrogen-bond acceptors (Lipinski definition) is 4. The Balaban J connectivity index is 1.64. The maximum Gasteiger partial charge on any atom is 0.407 e. The molecule has 0 aromatic rings. The number of carbonyl (C=O) groups is 1. The fourth-order valence-electron chi connectivity index (χ4n) is 3.20. The fourth-order valence-corrected chi connectivity index (χ4v) is 3.20. The molecule has 0 radical (unpaired) electrons. The highest BCUT2D eigenvalue weighted by molar-refractivity contribution is 5.68. The Morgan fingerprint density at radius 1 is 0.952 bits per heavy atom. The van der Waals surface area contributed by atoms with Crippen molar-refractivity contribution in [2.45, 2.75) is 83.0 Å².